The molecule has 0 bridgehead atoms. The Kier molecular flexibility index (Phi) is 3.57. The van der Waals surface area contributed by atoms with Gasteiger partial charge < -0.3 is 14.9 Å². The second kappa shape index (κ2) is 5.50. The number of hydrogen-bond acceptors (Lipinski definition) is 5. The van der Waals surface area contributed by atoms with Gasteiger partial charge in [-0.3, -0.25) is 0 Å². The molecule has 5 heteroatoms. The second-order valence-electron chi connectivity index (χ2n) is 4.89. The summed E-state index contributed by atoms with van der Waals surface area (Å²) < 4.78 is 5.21. The highest BCUT2D eigenvalue weighted by Gasteiger charge is 2.30. The number of rotatable bonds is 6. The topological polar surface area (TPSA) is 71.2 Å². The van der Waals surface area contributed by atoms with Crippen molar-refractivity contribution in [1.82, 2.24) is 15.5 Å². The summed E-state index contributed by atoms with van der Waals surface area (Å²) in [5.74, 6) is 1.75. The molecular weight excluding hydrogens is 242 g/mol. The van der Waals surface area contributed by atoms with Crippen LogP contribution in [0.1, 0.15) is 18.7 Å². The Bertz CT molecular complexity index is 522. The predicted octanol–water partition coefficient (Wildman–Crippen LogP) is 1.60. The van der Waals surface area contributed by atoms with Gasteiger partial charge in [-0.25, -0.2) is 0 Å². The Balaban J connectivity index is 1.62. The van der Waals surface area contributed by atoms with E-state index in [-0.39, 0.29) is 12.6 Å². The monoisotopic (exact) mass is 259 g/mol. The first-order valence-corrected chi connectivity index (χ1v) is 6.59. The van der Waals surface area contributed by atoms with Gasteiger partial charge in [0.2, 0.25) is 11.7 Å². The number of nitrogens with zero attached hydrogens (tertiary/aromatic N) is 2. The Morgan fingerprint density at radius 3 is 2.79 bits per heavy atom. The molecule has 0 aliphatic heterocycles. The van der Waals surface area contributed by atoms with Gasteiger partial charge in [0, 0.05) is 11.6 Å². The molecule has 0 amide bonds. The smallest absolute Gasteiger partial charge is 0.240 e. The van der Waals surface area contributed by atoms with Crippen LogP contribution in [-0.2, 0) is 6.54 Å². The molecule has 2 N–H and O–H groups in total. The molecule has 3 rings (SSSR count). The summed E-state index contributed by atoms with van der Waals surface area (Å²) in [5.41, 5.74) is 0.943. The van der Waals surface area contributed by atoms with E-state index in [1.807, 2.05) is 30.3 Å². The molecule has 1 aliphatic rings. The number of aliphatic hydroxyl groups excluding tert-OH is 1. The molecule has 1 atom stereocenters. The van der Waals surface area contributed by atoms with Crippen LogP contribution in [0.2, 0.25) is 0 Å². The highest BCUT2D eigenvalue weighted by atomic mass is 16.5. The van der Waals surface area contributed by atoms with Crippen LogP contribution in [0.4, 0.5) is 0 Å². The Hall–Kier alpha value is -1.72. The Labute approximate surface area is 111 Å². The van der Waals surface area contributed by atoms with E-state index in [4.69, 9.17) is 4.52 Å². The highest BCUT2D eigenvalue weighted by molar-refractivity contribution is 5.53. The zero-order valence-electron chi connectivity index (χ0n) is 10.6. The van der Waals surface area contributed by atoms with Crippen molar-refractivity contribution in [2.75, 3.05) is 6.61 Å². The van der Waals surface area contributed by atoms with E-state index in [1.165, 1.54) is 12.8 Å². The Morgan fingerprint density at radius 1 is 1.32 bits per heavy atom. The molecule has 0 unspecified atom stereocenters. The first-order chi connectivity index (χ1) is 9.36. The summed E-state index contributed by atoms with van der Waals surface area (Å²) in [6, 6.07) is 9.88. The van der Waals surface area contributed by atoms with Gasteiger partial charge in [-0.1, -0.05) is 35.5 Å². The molecule has 1 heterocycles. The number of aromatic nitrogens is 2. The molecule has 1 saturated carbocycles. The lowest BCUT2D eigenvalue weighted by molar-refractivity contribution is 0.222. The van der Waals surface area contributed by atoms with Crippen molar-refractivity contribution in [1.29, 1.82) is 0 Å². The van der Waals surface area contributed by atoms with Crippen molar-refractivity contribution in [3.63, 3.8) is 0 Å². The number of benzene rings is 1. The van der Waals surface area contributed by atoms with E-state index in [0.717, 1.165) is 5.56 Å². The zero-order chi connectivity index (χ0) is 13.1. The van der Waals surface area contributed by atoms with E-state index in [1.54, 1.807) is 0 Å². The summed E-state index contributed by atoms with van der Waals surface area (Å²) in [6.07, 6.45) is 2.38. The minimum Gasteiger partial charge on any atom is -0.395 e. The molecule has 5 nitrogen and oxygen atoms in total. The summed E-state index contributed by atoms with van der Waals surface area (Å²) in [7, 11) is 0. The quantitative estimate of drug-likeness (QED) is 0.824. The van der Waals surface area contributed by atoms with Crippen molar-refractivity contribution >= 4 is 0 Å². The van der Waals surface area contributed by atoms with Crippen LogP contribution in [0, 0.1) is 5.92 Å². The average molecular weight is 259 g/mol. The van der Waals surface area contributed by atoms with Gasteiger partial charge in [-0.15, -0.1) is 0 Å². The van der Waals surface area contributed by atoms with Crippen LogP contribution in [0.25, 0.3) is 11.4 Å². The normalized spacial score (nSPS) is 16.5. The van der Waals surface area contributed by atoms with Crippen molar-refractivity contribution in [2.45, 2.75) is 25.4 Å². The van der Waals surface area contributed by atoms with Gasteiger partial charge in [0.05, 0.1) is 13.2 Å². The molecule has 0 spiro atoms. The molecule has 2 aromatic rings. The SMILES string of the molecule is OC[C@@H](NCc1nc(-c2ccccc2)no1)C1CC1. The molecule has 1 fully saturated rings. The van der Waals surface area contributed by atoms with E-state index in [9.17, 15) is 5.11 Å². The van der Waals surface area contributed by atoms with Gasteiger partial charge in [-0.05, 0) is 18.8 Å². The Morgan fingerprint density at radius 2 is 2.11 bits per heavy atom. The lowest BCUT2D eigenvalue weighted by atomic mass is 10.2. The van der Waals surface area contributed by atoms with Crippen molar-refractivity contribution in [3.8, 4) is 11.4 Å². The van der Waals surface area contributed by atoms with Crippen LogP contribution in [0.15, 0.2) is 34.9 Å². The molecule has 1 aromatic carbocycles. The standard InChI is InChI=1S/C14H17N3O2/c18-9-12(10-6-7-10)15-8-13-16-14(17-19-13)11-4-2-1-3-5-11/h1-5,10,12,15,18H,6-9H2/t12-/m1/s1. The van der Waals surface area contributed by atoms with Crippen LogP contribution in [0.5, 0.6) is 0 Å². The number of hydrogen-bond donors (Lipinski definition) is 2. The van der Waals surface area contributed by atoms with Crippen molar-refractivity contribution in [3.05, 3.63) is 36.2 Å². The summed E-state index contributed by atoms with van der Waals surface area (Å²) >= 11 is 0. The summed E-state index contributed by atoms with van der Waals surface area (Å²) in [4.78, 5) is 4.34. The fourth-order valence-corrected chi connectivity index (χ4v) is 2.13. The molecular formula is C14H17N3O2. The highest BCUT2D eigenvalue weighted by Crippen LogP contribution is 2.32. The second-order valence-corrected chi connectivity index (χ2v) is 4.89. The van der Waals surface area contributed by atoms with Gasteiger partial charge in [0.25, 0.3) is 0 Å². The summed E-state index contributed by atoms with van der Waals surface area (Å²) in [5, 5.41) is 16.5. The maximum atomic E-state index is 9.27. The third-order valence-corrected chi connectivity index (χ3v) is 3.40. The fourth-order valence-electron chi connectivity index (χ4n) is 2.13. The first kappa shape index (κ1) is 12.3. The largest absolute Gasteiger partial charge is 0.395 e. The lowest BCUT2D eigenvalue weighted by Crippen LogP contribution is -2.33. The predicted molar refractivity (Wildman–Crippen MR) is 70.2 cm³/mol. The molecule has 100 valence electrons. The van der Waals surface area contributed by atoms with Crippen molar-refractivity contribution in [2.24, 2.45) is 5.92 Å². The van der Waals surface area contributed by atoms with Gasteiger partial charge in [0.1, 0.15) is 0 Å². The van der Waals surface area contributed by atoms with Gasteiger partial charge in [-0.2, -0.15) is 4.98 Å². The van der Waals surface area contributed by atoms with Crippen LogP contribution < -0.4 is 5.32 Å². The third kappa shape index (κ3) is 3.00. The molecule has 19 heavy (non-hydrogen) atoms. The maximum absolute atomic E-state index is 9.27. The van der Waals surface area contributed by atoms with E-state index in [0.29, 0.717) is 24.2 Å². The fraction of sp³-hybridized carbons (Fsp3) is 0.429. The maximum Gasteiger partial charge on any atom is 0.240 e. The van der Waals surface area contributed by atoms with Gasteiger partial charge >= 0.3 is 0 Å². The molecule has 0 radical (unpaired) electrons. The first-order valence-electron chi connectivity index (χ1n) is 6.59. The molecule has 0 saturated heterocycles. The van der Waals surface area contributed by atoms with Crippen LogP contribution in [-0.4, -0.2) is 27.9 Å². The van der Waals surface area contributed by atoms with E-state index >= 15 is 0 Å². The van der Waals surface area contributed by atoms with Crippen LogP contribution in [0.3, 0.4) is 0 Å². The third-order valence-electron chi connectivity index (χ3n) is 3.40. The number of aliphatic hydroxyl groups is 1. The summed E-state index contributed by atoms with van der Waals surface area (Å²) in [6.45, 7) is 0.659. The van der Waals surface area contributed by atoms with E-state index in [2.05, 4.69) is 15.5 Å². The number of nitrogens with one attached hydrogen (secondary N) is 1. The lowest BCUT2D eigenvalue weighted by Gasteiger charge is -2.13. The van der Waals surface area contributed by atoms with E-state index < -0.39 is 0 Å². The minimum atomic E-state index is 0.145. The minimum absolute atomic E-state index is 0.145. The average Bonchev–Trinajstić information content (AvgIpc) is 3.18. The van der Waals surface area contributed by atoms with Crippen molar-refractivity contribution < 1.29 is 9.63 Å². The van der Waals surface area contributed by atoms with Gasteiger partial charge in [0.15, 0.2) is 0 Å². The van der Waals surface area contributed by atoms with Crippen LogP contribution >= 0.6 is 0 Å². The molecule has 1 aliphatic carbocycles. The molecule has 1 aromatic heterocycles. The zero-order valence-corrected chi connectivity index (χ0v) is 10.6.